The van der Waals surface area contributed by atoms with E-state index in [-0.39, 0.29) is 0 Å². The van der Waals surface area contributed by atoms with Gasteiger partial charge in [0.25, 0.3) is 0 Å². The van der Waals surface area contributed by atoms with Crippen molar-refractivity contribution in [2.45, 2.75) is 13.3 Å². The topological polar surface area (TPSA) is 17.8 Å². The Labute approximate surface area is 112 Å². The average Bonchev–Trinajstić information content (AvgIpc) is 2.99. The zero-order valence-corrected chi connectivity index (χ0v) is 10.8. The molecule has 1 heterocycles. The Balaban J connectivity index is 1.83. The molecule has 0 atom stereocenters. The fourth-order valence-corrected chi connectivity index (χ4v) is 2.74. The Morgan fingerprint density at radius 1 is 1.11 bits per heavy atom. The Morgan fingerprint density at radius 2 is 2.00 bits per heavy atom. The minimum atomic E-state index is 1.04. The van der Waals surface area contributed by atoms with E-state index in [9.17, 15) is 0 Å². The highest BCUT2D eigenvalue weighted by molar-refractivity contribution is 5.78. The summed E-state index contributed by atoms with van der Waals surface area (Å²) in [5.74, 6) is 0. The fraction of sp³-hybridized carbons (Fsp3) is 0.118. The highest BCUT2D eigenvalue weighted by Gasteiger charge is 2.11. The zero-order chi connectivity index (χ0) is 12.8. The second kappa shape index (κ2) is 3.82. The molecule has 3 aromatic rings. The first-order valence-corrected chi connectivity index (χ1v) is 6.54. The van der Waals surface area contributed by atoms with Crippen molar-refractivity contribution in [3.05, 3.63) is 65.4 Å². The van der Waals surface area contributed by atoms with E-state index in [0.29, 0.717) is 0 Å². The number of allylic oxidation sites excluding steroid dienone is 1. The molecule has 0 radical (unpaired) electrons. The van der Waals surface area contributed by atoms with Crippen LogP contribution in [0.25, 0.3) is 22.7 Å². The lowest BCUT2D eigenvalue weighted by molar-refractivity contribution is 0.893. The van der Waals surface area contributed by atoms with E-state index in [1.807, 2.05) is 22.9 Å². The van der Waals surface area contributed by atoms with Crippen molar-refractivity contribution < 1.29 is 0 Å². The summed E-state index contributed by atoms with van der Waals surface area (Å²) in [5.41, 5.74) is 6.35. The monoisotopic (exact) mass is 246 g/mol. The van der Waals surface area contributed by atoms with Gasteiger partial charge >= 0.3 is 0 Å². The van der Waals surface area contributed by atoms with Gasteiger partial charge in [-0.05, 0) is 42.7 Å². The highest BCUT2D eigenvalue weighted by atomic mass is 15.3. The normalized spacial score (nSPS) is 13.6. The Hall–Kier alpha value is -2.35. The van der Waals surface area contributed by atoms with Crippen LogP contribution in [0.2, 0.25) is 0 Å². The third-order valence-corrected chi connectivity index (χ3v) is 3.68. The number of fused-ring (bicyclic) bond motifs is 2. The van der Waals surface area contributed by atoms with Crippen LogP contribution in [-0.2, 0) is 6.42 Å². The van der Waals surface area contributed by atoms with Crippen LogP contribution < -0.4 is 0 Å². The third kappa shape index (κ3) is 1.68. The van der Waals surface area contributed by atoms with Crippen molar-refractivity contribution >= 4 is 17.0 Å². The molecule has 4 rings (SSSR count). The first-order valence-electron chi connectivity index (χ1n) is 6.54. The molecule has 92 valence electrons. The predicted octanol–water partition coefficient (Wildman–Crippen LogP) is 3.98. The molecule has 1 aliphatic rings. The number of hydrogen-bond acceptors (Lipinski definition) is 1. The van der Waals surface area contributed by atoms with Crippen LogP contribution >= 0.6 is 0 Å². The molecule has 0 saturated heterocycles. The quantitative estimate of drug-likeness (QED) is 0.635. The van der Waals surface area contributed by atoms with E-state index < -0.39 is 0 Å². The first kappa shape index (κ1) is 10.6. The molecule has 0 bridgehead atoms. The van der Waals surface area contributed by atoms with Crippen molar-refractivity contribution in [2.24, 2.45) is 0 Å². The smallest absolute Gasteiger partial charge is 0.0927 e. The van der Waals surface area contributed by atoms with E-state index in [1.165, 1.54) is 22.1 Å². The van der Waals surface area contributed by atoms with Gasteiger partial charge in [0.15, 0.2) is 0 Å². The van der Waals surface area contributed by atoms with Crippen LogP contribution in [-0.4, -0.2) is 9.78 Å². The van der Waals surface area contributed by atoms with Gasteiger partial charge in [-0.3, -0.25) is 0 Å². The highest BCUT2D eigenvalue weighted by Crippen LogP contribution is 2.27. The molecule has 0 spiro atoms. The number of nitrogens with zero attached hydrogens (tertiary/aromatic N) is 2. The summed E-state index contributed by atoms with van der Waals surface area (Å²) in [5, 5.41) is 5.81. The molecule has 0 N–H and O–H groups in total. The van der Waals surface area contributed by atoms with Crippen molar-refractivity contribution in [2.75, 3.05) is 0 Å². The zero-order valence-electron chi connectivity index (χ0n) is 10.8. The summed E-state index contributed by atoms with van der Waals surface area (Å²) in [6.07, 6.45) is 5.41. The van der Waals surface area contributed by atoms with Gasteiger partial charge in [0.1, 0.15) is 0 Å². The van der Waals surface area contributed by atoms with E-state index in [0.717, 1.165) is 17.6 Å². The Morgan fingerprint density at radius 3 is 2.89 bits per heavy atom. The summed E-state index contributed by atoms with van der Waals surface area (Å²) in [6, 6.07) is 14.8. The van der Waals surface area contributed by atoms with Gasteiger partial charge in [-0.2, -0.15) is 5.10 Å². The van der Waals surface area contributed by atoms with Crippen LogP contribution in [0.3, 0.4) is 0 Å². The molecule has 19 heavy (non-hydrogen) atoms. The average molecular weight is 246 g/mol. The van der Waals surface area contributed by atoms with E-state index in [4.69, 9.17) is 0 Å². The molecule has 0 aliphatic heterocycles. The molecule has 2 nitrogen and oxygen atoms in total. The molecule has 0 saturated carbocycles. The van der Waals surface area contributed by atoms with E-state index >= 15 is 0 Å². The summed E-state index contributed by atoms with van der Waals surface area (Å²) in [6.45, 7) is 2.18. The molecular formula is C17H14N2. The number of aromatic nitrogens is 2. The molecule has 0 fully saturated rings. The van der Waals surface area contributed by atoms with Crippen molar-refractivity contribution in [3.8, 4) is 5.69 Å². The number of benzene rings is 2. The summed E-state index contributed by atoms with van der Waals surface area (Å²) in [4.78, 5) is 0. The van der Waals surface area contributed by atoms with Crippen LogP contribution in [0, 0.1) is 0 Å². The fourth-order valence-electron chi connectivity index (χ4n) is 2.74. The maximum absolute atomic E-state index is 4.63. The summed E-state index contributed by atoms with van der Waals surface area (Å²) < 4.78 is 1.97. The van der Waals surface area contributed by atoms with E-state index in [2.05, 4.69) is 48.6 Å². The van der Waals surface area contributed by atoms with Gasteiger partial charge in [0.05, 0.1) is 11.2 Å². The van der Waals surface area contributed by atoms with Gasteiger partial charge < -0.3 is 0 Å². The maximum Gasteiger partial charge on any atom is 0.0927 e. The molecule has 0 unspecified atom stereocenters. The van der Waals surface area contributed by atoms with Crippen molar-refractivity contribution in [1.82, 2.24) is 9.78 Å². The third-order valence-electron chi connectivity index (χ3n) is 3.68. The maximum atomic E-state index is 4.63. The van der Waals surface area contributed by atoms with Crippen molar-refractivity contribution in [1.29, 1.82) is 0 Å². The second-order valence-electron chi connectivity index (χ2n) is 5.18. The molecule has 1 aliphatic carbocycles. The van der Waals surface area contributed by atoms with Gasteiger partial charge in [0.2, 0.25) is 0 Å². The van der Waals surface area contributed by atoms with Crippen LogP contribution in [0.4, 0.5) is 0 Å². The summed E-state index contributed by atoms with van der Waals surface area (Å²) in [7, 11) is 0. The lowest BCUT2D eigenvalue weighted by atomic mass is 10.1. The standard InChI is InChI=1S/C17H14N2/c1-12-8-13-6-7-16(10-15(13)9-12)19-11-14-4-2-3-5-17(14)18-19/h2-8,10-11H,9H2,1H3. The summed E-state index contributed by atoms with van der Waals surface area (Å²) >= 11 is 0. The van der Waals surface area contributed by atoms with Gasteiger partial charge in [-0.15, -0.1) is 0 Å². The van der Waals surface area contributed by atoms with Crippen molar-refractivity contribution in [3.63, 3.8) is 0 Å². The molecule has 2 heteroatoms. The van der Waals surface area contributed by atoms with Crippen LogP contribution in [0.15, 0.2) is 54.2 Å². The van der Waals surface area contributed by atoms with Gasteiger partial charge in [-0.1, -0.05) is 35.9 Å². The molecular weight excluding hydrogens is 232 g/mol. The number of rotatable bonds is 1. The molecule has 1 aromatic heterocycles. The Bertz CT molecular complexity index is 776. The first-order chi connectivity index (χ1) is 9.29. The van der Waals surface area contributed by atoms with Crippen LogP contribution in [0.5, 0.6) is 0 Å². The predicted molar refractivity (Wildman–Crippen MR) is 78.4 cm³/mol. The van der Waals surface area contributed by atoms with E-state index in [1.54, 1.807) is 0 Å². The molecule has 2 aromatic carbocycles. The SMILES string of the molecule is CC1=Cc2ccc(-n3cc4ccccc4n3)cc2C1. The lowest BCUT2D eigenvalue weighted by Gasteiger charge is -2.04. The van der Waals surface area contributed by atoms with Gasteiger partial charge in [-0.25, -0.2) is 4.68 Å². The lowest BCUT2D eigenvalue weighted by Crippen LogP contribution is -1.96. The van der Waals surface area contributed by atoms with Crippen LogP contribution in [0.1, 0.15) is 18.1 Å². The molecule has 0 amide bonds. The minimum absolute atomic E-state index is 1.04. The number of hydrogen-bond donors (Lipinski definition) is 0. The van der Waals surface area contributed by atoms with Gasteiger partial charge in [0, 0.05) is 11.6 Å². The largest absolute Gasteiger partial charge is 0.240 e. The second-order valence-corrected chi connectivity index (χ2v) is 5.18. The Kier molecular flexibility index (Phi) is 2.12. The minimum Gasteiger partial charge on any atom is -0.240 e.